The standard InChI is InChI=1S/C25H23N5O3/c1-17-3-2-13-29-15-20(27-23(17)29)16-33-22-10-4-18(5-11-22)24(31)28-19-6-8-21(9-7-19)30-14-12-26-25(30)32/h2-11,13,15H,12,14,16H2,1H3,(H,26,32)(H,28,31). The van der Waals surface area contributed by atoms with Gasteiger partial charge in [-0.05, 0) is 67.1 Å². The number of fused-ring (bicyclic) bond motifs is 1. The van der Waals surface area contributed by atoms with E-state index in [1.54, 1.807) is 41.3 Å². The maximum absolute atomic E-state index is 12.6. The van der Waals surface area contributed by atoms with Crippen LogP contribution in [0.3, 0.4) is 0 Å². The quantitative estimate of drug-likeness (QED) is 0.473. The first-order valence-electron chi connectivity index (χ1n) is 10.7. The Morgan fingerprint density at radius 1 is 1.12 bits per heavy atom. The number of aromatic nitrogens is 2. The van der Waals surface area contributed by atoms with Crippen LogP contribution in [0.4, 0.5) is 16.2 Å². The smallest absolute Gasteiger partial charge is 0.321 e. The molecule has 1 aliphatic heterocycles. The fraction of sp³-hybridized carbons (Fsp3) is 0.160. The Labute approximate surface area is 190 Å². The molecule has 1 aliphatic rings. The molecular weight excluding hydrogens is 418 g/mol. The molecule has 1 fully saturated rings. The van der Waals surface area contributed by atoms with Gasteiger partial charge in [-0.1, -0.05) is 6.07 Å². The maximum atomic E-state index is 12.6. The third kappa shape index (κ3) is 4.36. The lowest BCUT2D eigenvalue weighted by atomic mass is 10.2. The van der Waals surface area contributed by atoms with Crippen molar-refractivity contribution in [2.45, 2.75) is 13.5 Å². The van der Waals surface area contributed by atoms with Crippen LogP contribution in [0.25, 0.3) is 5.65 Å². The van der Waals surface area contributed by atoms with Crippen molar-refractivity contribution in [2.24, 2.45) is 0 Å². The molecule has 0 atom stereocenters. The van der Waals surface area contributed by atoms with Gasteiger partial charge in [0.15, 0.2) is 0 Å². The van der Waals surface area contributed by atoms with Crippen molar-refractivity contribution >= 4 is 29.0 Å². The van der Waals surface area contributed by atoms with E-state index in [2.05, 4.69) is 15.6 Å². The molecule has 8 nitrogen and oxygen atoms in total. The molecule has 0 spiro atoms. The number of nitrogens with zero attached hydrogens (tertiary/aromatic N) is 3. The van der Waals surface area contributed by atoms with Gasteiger partial charge in [-0.2, -0.15) is 0 Å². The van der Waals surface area contributed by atoms with Crippen LogP contribution in [-0.4, -0.2) is 34.4 Å². The van der Waals surface area contributed by atoms with Gasteiger partial charge < -0.3 is 19.8 Å². The Kier molecular flexibility index (Phi) is 5.40. The number of carbonyl (C=O) groups excluding carboxylic acids is 2. The van der Waals surface area contributed by atoms with Crippen LogP contribution >= 0.6 is 0 Å². The van der Waals surface area contributed by atoms with Crippen LogP contribution in [0, 0.1) is 6.92 Å². The summed E-state index contributed by atoms with van der Waals surface area (Å²) in [5.74, 6) is 0.442. The highest BCUT2D eigenvalue weighted by Gasteiger charge is 2.20. The van der Waals surface area contributed by atoms with Gasteiger partial charge in [0, 0.05) is 42.4 Å². The predicted octanol–water partition coefficient (Wildman–Crippen LogP) is 4.00. The fourth-order valence-corrected chi connectivity index (χ4v) is 3.78. The third-order valence-electron chi connectivity index (χ3n) is 5.52. The first-order chi connectivity index (χ1) is 16.1. The van der Waals surface area contributed by atoms with Crippen molar-refractivity contribution in [3.63, 3.8) is 0 Å². The maximum Gasteiger partial charge on any atom is 0.321 e. The summed E-state index contributed by atoms with van der Waals surface area (Å²) in [4.78, 5) is 30.6. The van der Waals surface area contributed by atoms with Gasteiger partial charge in [0.25, 0.3) is 5.91 Å². The van der Waals surface area contributed by atoms with Crippen molar-refractivity contribution in [3.8, 4) is 5.75 Å². The number of hydrogen-bond donors (Lipinski definition) is 2. The number of hydrogen-bond acceptors (Lipinski definition) is 4. The van der Waals surface area contributed by atoms with Crippen molar-refractivity contribution in [3.05, 3.63) is 89.9 Å². The lowest BCUT2D eigenvalue weighted by Crippen LogP contribution is -2.27. The zero-order valence-electron chi connectivity index (χ0n) is 18.1. The van der Waals surface area contributed by atoms with E-state index in [1.165, 1.54) is 0 Å². The molecule has 4 aromatic rings. The van der Waals surface area contributed by atoms with Crippen LogP contribution in [0.1, 0.15) is 21.6 Å². The zero-order valence-corrected chi connectivity index (χ0v) is 18.1. The summed E-state index contributed by atoms with van der Waals surface area (Å²) in [7, 11) is 0. The number of ether oxygens (including phenoxy) is 1. The third-order valence-corrected chi connectivity index (χ3v) is 5.52. The first-order valence-corrected chi connectivity index (χ1v) is 10.7. The number of benzene rings is 2. The van der Waals surface area contributed by atoms with Crippen molar-refractivity contribution in [1.82, 2.24) is 14.7 Å². The lowest BCUT2D eigenvalue weighted by molar-refractivity contribution is 0.102. The second-order valence-corrected chi connectivity index (χ2v) is 7.85. The molecule has 3 heterocycles. The predicted molar refractivity (Wildman–Crippen MR) is 126 cm³/mol. The highest BCUT2D eigenvalue weighted by Crippen LogP contribution is 2.21. The highest BCUT2D eigenvalue weighted by molar-refractivity contribution is 6.04. The summed E-state index contributed by atoms with van der Waals surface area (Å²) in [5.41, 5.74) is 4.83. The van der Waals surface area contributed by atoms with E-state index in [9.17, 15) is 9.59 Å². The Balaban J connectivity index is 1.18. The molecule has 166 valence electrons. The number of anilines is 2. The average molecular weight is 441 g/mol. The van der Waals surface area contributed by atoms with Gasteiger partial charge in [0.05, 0.1) is 5.69 Å². The molecule has 0 unspecified atom stereocenters. The van der Waals surface area contributed by atoms with Crippen LogP contribution in [-0.2, 0) is 6.61 Å². The molecule has 0 bridgehead atoms. The van der Waals surface area contributed by atoms with Crippen LogP contribution < -0.4 is 20.3 Å². The molecule has 0 saturated carbocycles. The zero-order chi connectivity index (χ0) is 22.8. The van der Waals surface area contributed by atoms with E-state index in [4.69, 9.17) is 4.74 Å². The topological polar surface area (TPSA) is 88.0 Å². The minimum Gasteiger partial charge on any atom is -0.487 e. The second-order valence-electron chi connectivity index (χ2n) is 7.85. The SMILES string of the molecule is Cc1cccn2cc(COc3ccc(C(=O)Nc4ccc(N5CCNC5=O)cc4)cc3)nc12. The van der Waals surface area contributed by atoms with E-state index < -0.39 is 0 Å². The van der Waals surface area contributed by atoms with Crippen molar-refractivity contribution in [2.75, 3.05) is 23.3 Å². The molecule has 8 heteroatoms. The van der Waals surface area contributed by atoms with E-state index in [0.29, 0.717) is 36.7 Å². The van der Waals surface area contributed by atoms with Crippen LogP contribution in [0.15, 0.2) is 73.1 Å². The van der Waals surface area contributed by atoms with Gasteiger partial charge >= 0.3 is 6.03 Å². The average Bonchev–Trinajstić information content (AvgIpc) is 3.45. The molecule has 2 aromatic heterocycles. The molecule has 0 aliphatic carbocycles. The first kappa shape index (κ1) is 20.6. The van der Waals surface area contributed by atoms with Gasteiger partial charge in [0.2, 0.25) is 0 Å². The molecular formula is C25H23N5O3. The fourth-order valence-electron chi connectivity index (χ4n) is 3.78. The van der Waals surface area contributed by atoms with Gasteiger partial charge in [-0.3, -0.25) is 9.69 Å². The Bertz CT molecular complexity index is 1310. The van der Waals surface area contributed by atoms with Crippen molar-refractivity contribution < 1.29 is 14.3 Å². The summed E-state index contributed by atoms with van der Waals surface area (Å²) in [6.45, 7) is 3.64. The van der Waals surface area contributed by atoms with Gasteiger partial charge in [0.1, 0.15) is 18.0 Å². The number of carbonyl (C=O) groups is 2. The largest absolute Gasteiger partial charge is 0.487 e. The van der Waals surface area contributed by atoms with Gasteiger partial charge in [-0.25, -0.2) is 9.78 Å². The summed E-state index contributed by atoms with van der Waals surface area (Å²) in [6, 6.07) is 18.1. The lowest BCUT2D eigenvalue weighted by Gasteiger charge is -2.14. The molecule has 0 radical (unpaired) electrons. The number of amides is 3. The molecule has 2 aromatic carbocycles. The summed E-state index contributed by atoms with van der Waals surface area (Å²) in [5, 5.41) is 5.64. The molecule has 5 rings (SSSR count). The molecule has 33 heavy (non-hydrogen) atoms. The number of rotatable bonds is 6. The number of nitrogens with one attached hydrogen (secondary N) is 2. The summed E-state index contributed by atoms with van der Waals surface area (Å²) < 4.78 is 7.82. The summed E-state index contributed by atoms with van der Waals surface area (Å²) >= 11 is 0. The van der Waals surface area contributed by atoms with Crippen LogP contribution in [0.2, 0.25) is 0 Å². The van der Waals surface area contributed by atoms with Crippen molar-refractivity contribution in [1.29, 1.82) is 0 Å². The molecule has 2 N–H and O–H groups in total. The van der Waals surface area contributed by atoms with E-state index in [-0.39, 0.29) is 11.9 Å². The normalized spacial score (nSPS) is 13.2. The Morgan fingerprint density at radius 3 is 2.61 bits per heavy atom. The molecule has 1 saturated heterocycles. The monoisotopic (exact) mass is 441 g/mol. The molecule has 3 amide bonds. The van der Waals surface area contributed by atoms with Gasteiger partial charge in [-0.15, -0.1) is 0 Å². The summed E-state index contributed by atoms with van der Waals surface area (Å²) in [6.07, 6.45) is 3.91. The number of aryl methyl sites for hydroxylation is 1. The number of pyridine rings is 1. The Hall–Kier alpha value is -4.33. The van der Waals surface area contributed by atoms with E-state index in [1.807, 2.05) is 48.0 Å². The second kappa shape index (κ2) is 8.66. The van der Waals surface area contributed by atoms with E-state index in [0.717, 1.165) is 22.6 Å². The number of imidazole rings is 1. The van der Waals surface area contributed by atoms with E-state index >= 15 is 0 Å². The van der Waals surface area contributed by atoms with Crippen LogP contribution in [0.5, 0.6) is 5.75 Å². The minimum absolute atomic E-state index is 0.106. The minimum atomic E-state index is -0.218. The highest BCUT2D eigenvalue weighted by atomic mass is 16.5. The number of urea groups is 1. The Morgan fingerprint density at radius 2 is 1.91 bits per heavy atom.